The molecule has 0 bridgehead atoms. The highest BCUT2D eigenvalue weighted by atomic mass is 16.1. The molecule has 0 aliphatic rings. The molecule has 0 rings (SSSR count). The van der Waals surface area contributed by atoms with Crippen LogP contribution in [-0.2, 0) is 4.79 Å². The Hall–Kier alpha value is -0.830. The van der Waals surface area contributed by atoms with Crippen LogP contribution in [0.25, 0.3) is 0 Å². The van der Waals surface area contributed by atoms with Gasteiger partial charge in [-0.15, -0.1) is 0 Å². The first-order valence-corrected chi connectivity index (χ1v) is 3.82. The molecule has 0 aromatic heterocycles. The summed E-state index contributed by atoms with van der Waals surface area (Å²) in [5.74, 6) is -0.300. The Morgan fingerprint density at radius 2 is 2.36 bits per heavy atom. The first-order valence-electron chi connectivity index (χ1n) is 3.82. The van der Waals surface area contributed by atoms with Crippen molar-refractivity contribution in [1.29, 1.82) is 0 Å². The zero-order chi connectivity index (χ0) is 8.69. The molecule has 0 saturated carbocycles. The Morgan fingerprint density at radius 3 is 2.82 bits per heavy atom. The molecule has 3 nitrogen and oxygen atoms in total. The Balaban J connectivity index is 3.31. The molecular weight excluding hydrogens is 140 g/mol. The molecule has 0 aliphatic carbocycles. The molecule has 1 amide bonds. The van der Waals surface area contributed by atoms with Crippen LogP contribution in [0.15, 0.2) is 12.2 Å². The van der Waals surface area contributed by atoms with Crippen LogP contribution in [0.3, 0.4) is 0 Å². The molecule has 0 aliphatic heterocycles. The van der Waals surface area contributed by atoms with E-state index in [1.807, 2.05) is 19.1 Å². The number of nitrogens with one attached hydrogen (secondary N) is 1. The molecule has 0 heterocycles. The topological polar surface area (TPSA) is 55.1 Å². The van der Waals surface area contributed by atoms with E-state index < -0.39 is 0 Å². The number of amides is 1. The summed E-state index contributed by atoms with van der Waals surface area (Å²) >= 11 is 0. The van der Waals surface area contributed by atoms with Crippen molar-refractivity contribution < 1.29 is 4.79 Å². The molecule has 1 atom stereocenters. The van der Waals surface area contributed by atoms with Gasteiger partial charge in [-0.2, -0.15) is 0 Å². The van der Waals surface area contributed by atoms with Crippen molar-refractivity contribution in [3.05, 3.63) is 12.2 Å². The highest BCUT2D eigenvalue weighted by Gasteiger charge is 2.04. The van der Waals surface area contributed by atoms with E-state index >= 15 is 0 Å². The second-order valence-corrected chi connectivity index (χ2v) is 2.44. The van der Waals surface area contributed by atoms with Crippen molar-refractivity contribution in [2.45, 2.75) is 26.3 Å². The van der Waals surface area contributed by atoms with Gasteiger partial charge < -0.3 is 11.1 Å². The van der Waals surface area contributed by atoms with E-state index in [4.69, 9.17) is 5.73 Å². The normalized spacial score (nSPS) is 13.6. The summed E-state index contributed by atoms with van der Waals surface area (Å²) in [5.41, 5.74) is 5.03. The van der Waals surface area contributed by atoms with E-state index in [1.165, 1.54) is 0 Å². The van der Waals surface area contributed by atoms with Crippen molar-refractivity contribution in [3.8, 4) is 0 Å². The van der Waals surface area contributed by atoms with Gasteiger partial charge in [0.05, 0.1) is 6.04 Å². The molecule has 0 saturated heterocycles. The van der Waals surface area contributed by atoms with Crippen molar-refractivity contribution in [2.24, 2.45) is 5.73 Å². The molecule has 11 heavy (non-hydrogen) atoms. The van der Waals surface area contributed by atoms with Crippen molar-refractivity contribution in [1.82, 2.24) is 5.32 Å². The van der Waals surface area contributed by atoms with Crippen LogP contribution < -0.4 is 11.1 Å². The Morgan fingerprint density at radius 1 is 1.73 bits per heavy atom. The standard InChI is InChI=1S/C8H16N2O/c1-3-4-5-6-10-7(2)8(9)11/h3-4,7,10H,5-6H2,1-2H3,(H2,9,11)/b4-3+. The number of hydrogen-bond donors (Lipinski definition) is 2. The zero-order valence-electron chi connectivity index (χ0n) is 7.13. The lowest BCUT2D eigenvalue weighted by Gasteiger charge is -2.07. The van der Waals surface area contributed by atoms with Gasteiger partial charge in [-0.25, -0.2) is 0 Å². The predicted octanol–water partition coefficient (Wildman–Crippen LogP) is 0.416. The van der Waals surface area contributed by atoms with Gasteiger partial charge in [-0.1, -0.05) is 12.2 Å². The smallest absolute Gasteiger partial charge is 0.234 e. The van der Waals surface area contributed by atoms with E-state index in [-0.39, 0.29) is 11.9 Å². The number of hydrogen-bond acceptors (Lipinski definition) is 2. The quantitative estimate of drug-likeness (QED) is 0.447. The molecule has 3 N–H and O–H groups in total. The number of primary amides is 1. The third-order valence-corrected chi connectivity index (χ3v) is 1.42. The Labute approximate surface area is 67.7 Å². The van der Waals surface area contributed by atoms with Gasteiger partial charge in [-0.3, -0.25) is 4.79 Å². The van der Waals surface area contributed by atoms with Gasteiger partial charge in [0, 0.05) is 0 Å². The maximum absolute atomic E-state index is 10.5. The minimum absolute atomic E-state index is 0.222. The lowest BCUT2D eigenvalue weighted by atomic mass is 10.3. The molecule has 0 aromatic carbocycles. The third-order valence-electron chi connectivity index (χ3n) is 1.42. The van der Waals surface area contributed by atoms with Crippen LogP contribution in [0.1, 0.15) is 20.3 Å². The number of rotatable bonds is 5. The highest BCUT2D eigenvalue weighted by molar-refractivity contribution is 5.79. The molecule has 0 radical (unpaired) electrons. The second-order valence-electron chi connectivity index (χ2n) is 2.44. The number of nitrogens with two attached hydrogens (primary N) is 1. The first-order chi connectivity index (χ1) is 5.18. The SMILES string of the molecule is C/C=C/CCNC(C)C(N)=O. The van der Waals surface area contributed by atoms with Crippen molar-refractivity contribution >= 4 is 5.91 Å². The van der Waals surface area contributed by atoms with Gasteiger partial charge in [0.2, 0.25) is 5.91 Å². The fraction of sp³-hybridized carbons (Fsp3) is 0.625. The fourth-order valence-corrected chi connectivity index (χ4v) is 0.650. The number of allylic oxidation sites excluding steroid dienone is 1. The molecule has 0 fully saturated rings. The van der Waals surface area contributed by atoms with Gasteiger partial charge in [-0.05, 0) is 26.8 Å². The van der Waals surface area contributed by atoms with Crippen LogP contribution >= 0.6 is 0 Å². The number of carbonyl (C=O) groups excluding carboxylic acids is 1. The van der Waals surface area contributed by atoms with Gasteiger partial charge >= 0.3 is 0 Å². The lowest BCUT2D eigenvalue weighted by Crippen LogP contribution is -2.38. The summed E-state index contributed by atoms with van der Waals surface area (Å²) in [7, 11) is 0. The number of carbonyl (C=O) groups is 1. The van der Waals surface area contributed by atoms with E-state index in [9.17, 15) is 4.79 Å². The molecule has 0 aromatic rings. The minimum atomic E-state index is -0.300. The highest BCUT2D eigenvalue weighted by Crippen LogP contribution is 1.83. The van der Waals surface area contributed by atoms with Crippen molar-refractivity contribution in [2.75, 3.05) is 6.54 Å². The second kappa shape index (κ2) is 5.92. The summed E-state index contributed by atoms with van der Waals surface area (Å²) in [6.07, 6.45) is 4.96. The molecular formula is C8H16N2O. The molecule has 1 unspecified atom stereocenters. The van der Waals surface area contributed by atoms with Crippen LogP contribution in [-0.4, -0.2) is 18.5 Å². The van der Waals surface area contributed by atoms with Gasteiger partial charge in [0.1, 0.15) is 0 Å². The van der Waals surface area contributed by atoms with Gasteiger partial charge in [0.25, 0.3) is 0 Å². The fourth-order valence-electron chi connectivity index (χ4n) is 0.650. The zero-order valence-corrected chi connectivity index (χ0v) is 7.13. The summed E-state index contributed by atoms with van der Waals surface area (Å²) in [4.78, 5) is 10.5. The summed E-state index contributed by atoms with van der Waals surface area (Å²) in [5, 5.41) is 2.99. The Bertz CT molecular complexity index is 143. The van der Waals surface area contributed by atoms with Gasteiger partial charge in [0.15, 0.2) is 0 Å². The largest absolute Gasteiger partial charge is 0.368 e. The maximum Gasteiger partial charge on any atom is 0.234 e. The summed E-state index contributed by atoms with van der Waals surface area (Å²) in [6.45, 7) is 4.53. The maximum atomic E-state index is 10.5. The Kier molecular flexibility index (Phi) is 5.47. The summed E-state index contributed by atoms with van der Waals surface area (Å²) < 4.78 is 0. The monoisotopic (exact) mass is 156 g/mol. The first kappa shape index (κ1) is 10.2. The van der Waals surface area contributed by atoms with Crippen LogP contribution in [0.5, 0.6) is 0 Å². The third kappa shape index (κ3) is 5.61. The van der Waals surface area contributed by atoms with Crippen LogP contribution in [0, 0.1) is 0 Å². The lowest BCUT2D eigenvalue weighted by molar-refractivity contribution is -0.119. The minimum Gasteiger partial charge on any atom is -0.368 e. The van der Waals surface area contributed by atoms with Crippen LogP contribution in [0.4, 0.5) is 0 Å². The molecule has 0 spiro atoms. The van der Waals surface area contributed by atoms with E-state index in [1.54, 1.807) is 6.92 Å². The average Bonchev–Trinajstić information content (AvgIpc) is 1.97. The van der Waals surface area contributed by atoms with Crippen molar-refractivity contribution in [3.63, 3.8) is 0 Å². The van der Waals surface area contributed by atoms with E-state index in [2.05, 4.69) is 5.32 Å². The predicted molar refractivity (Wildman–Crippen MR) is 46.1 cm³/mol. The summed E-state index contributed by atoms with van der Waals surface area (Å²) in [6, 6.07) is -0.222. The van der Waals surface area contributed by atoms with Crippen LogP contribution in [0.2, 0.25) is 0 Å². The van der Waals surface area contributed by atoms with E-state index in [0.717, 1.165) is 13.0 Å². The molecule has 3 heteroatoms. The molecule has 64 valence electrons. The average molecular weight is 156 g/mol. The van der Waals surface area contributed by atoms with E-state index in [0.29, 0.717) is 0 Å².